The third-order valence-electron chi connectivity index (χ3n) is 4.77. The van der Waals surface area contributed by atoms with Crippen LogP contribution in [0.1, 0.15) is 5.69 Å². The Morgan fingerprint density at radius 1 is 1.03 bits per heavy atom. The number of fused-ring (bicyclic) bond motifs is 2. The van der Waals surface area contributed by atoms with E-state index in [-0.39, 0.29) is 10.9 Å². The molecule has 5 aromatic rings. The highest BCUT2D eigenvalue weighted by molar-refractivity contribution is 6.29. The molecular weight excluding hydrogens is 400 g/mol. The first kappa shape index (κ1) is 18.0. The van der Waals surface area contributed by atoms with E-state index in [1.807, 2.05) is 25.1 Å². The Kier molecular flexibility index (Phi) is 4.09. The lowest BCUT2D eigenvalue weighted by Crippen LogP contribution is -2.07. The van der Waals surface area contributed by atoms with Crippen molar-refractivity contribution in [1.82, 2.24) is 24.9 Å². The van der Waals surface area contributed by atoms with Crippen LogP contribution in [0.4, 0.5) is 5.69 Å². The lowest BCUT2D eigenvalue weighted by atomic mass is 10.1. The number of nitrogens with zero attached hydrogens (tertiary/aromatic N) is 4. The van der Waals surface area contributed by atoms with Gasteiger partial charge in [-0.3, -0.25) is 4.79 Å². The predicted molar refractivity (Wildman–Crippen MR) is 117 cm³/mol. The Morgan fingerprint density at radius 3 is 2.70 bits per heavy atom. The molecule has 0 aliphatic rings. The van der Waals surface area contributed by atoms with Crippen LogP contribution in [0.2, 0.25) is 5.15 Å². The summed E-state index contributed by atoms with van der Waals surface area (Å²) in [5, 5.41) is 1.27. The molecule has 30 heavy (non-hydrogen) atoms. The Bertz CT molecular complexity index is 1540. The summed E-state index contributed by atoms with van der Waals surface area (Å²) in [6, 6.07) is 12.3. The SMILES string of the molecule is [C-]#[N+]c1ccc2cc(-c3nc4[nH]ccc(=O)c4nc3-c3cc(C)nc(Cl)c3)[nH]c2c1. The average Bonchev–Trinajstić information content (AvgIpc) is 3.15. The minimum Gasteiger partial charge on any atom is -0.354 e. The van der Waals surface area contributed by atoms with Crippen molar-refractivity contribution in [2.75, 3.05) is 0 Å². The molecule has 144 valence electrons. The van der Waals surface area contributed by atoms with E-state index in [9.17, 15) is 4.79 Å². The molecule has 0 unspecified atom stereocenters. The zero-order valence-corrected chi connectivity index (χ0v) is 16.4. The maximum Gasteiger partial charge on any atom is 0.209 e. The van der Waals surface area contributed by atoms with Gasteiger partial charge in [0.1, 0.15) is 10.8 Å². The van der Waals surface area contributed by atoms with Gasteiger partial charge in [0.05, 0.1) is 18.0 Å². The third-order valence-corrected chi connectivity index (χ3v) is 4.96. The minimum absolute atomic E-state index is 0.223. The molecule has 0 aliphatic carbocycles. The van der Waals surface area contributed by atoms with E-state index in [0.29, 0.717) is 39.1 Å². The van der Waals surface area contributed by atoms with Crippen molar-refractivity contribution in [1.29, 1.82) is 0 Å². The molecule has 5 rings (SSSR count). The van der Waals surface area contributed by atoms with E-state index >= 15 is 0 Å². The van der Waals surface area contributed by atoms with Crippen LogP contribution >= 0.6 is 11.6 Å². The van der Waals surface area contributed by atoms with Crippen LogP contribution in [0.25, 0.3) is 49.6 Å². The molecule has 0 radical (unpaired) electrons. The fourth-order valence-corrected chi connectivity index (χ4v) is 3.70. The predicted octanol–water partition coefficient (Wildman–Crippen LogP) is 5.04. The second-order valence-electron chi connectivity index (χ2n) is 6.85. The summed E-state index contributed by atoms with van der Waals surface area (Å²) in [7, 11) is 0. The van der Waals surface area contributed by atoms with Gasteiger partial charge in [-0.25, -0.2) is 19.8 Å². The fraction of sp³-hybridized carbons (Fsp3) is 0.0455. The number of pyridine rings is 2. The van der Waals surface area contributed by atoms with E-state index < -0.39 is 0 Å². The van der Waals surface area contributed by atoms with Crippen LogP contribution < -0.4 is 5.43 Å². The van der Waals surface area contributed by atoms with Crippen molar-refractivity contribution in [3.63, 3.8) is 0 Å². The van der Waals surface area contributed by atoms with Crippen molar-refractivity contribution >= 4 is 39.4 Å². The second kappa shape index (κ2) is 6.79. The fourth-order valence-electron chi connectivity index (χ4n) is 3.45. The lowest BCUT2D eigenvalue weighted by molar-refractivity contribution is 1.18. The molecular formula is C22H13ClN6O. The van der Waals surface area contributed by atoms with Crippen molar-refractivity contribution in [2.24, 2.45) is 0 Å². The maximum absolute atomic E-state index is 12.4. The number of aromatic amines is 2. The molecule has 0 bridgehead atoms. The van der Waals surface area contributed by atoms with Crippen molar-refractivity contribution < 1.29 is 0 Å². The smallest absolute Gasteiger partial charge is 0.209 e. The van der Waals surface area contributed by atoms with Gasteiger partial charge in [0.25, 0.3) is 0 Å². The van der Waals surface area contributed by atoms with Gasteiger partial charge in [0.15, 0.2) is 16.9 Å². The van der Waals surface area contributed by atoms with E-state index in [2.05, 4.69) is 24.8 Å². The molecule has 4 heterocycles. The van der Waals surface area contributed by atoms with E-state index in [4.69, 9.17) is 23.2 Å². The van der Waals surface area contributed by atoms with Gasteiger partial charge in [-0.15, -0.1) is 0 Å². The van der Waals surface area contributed by atoms with E-state index in [0.717, 1.165) is 16.6 Å². The van der Waals surface area contributed by atoms with Crippen LogP contribution in [0.5, 0.6) is 0 Å². The second-order valence-corrected chi connectivity index (χ2v) is 7.23. The highest BCUT2D eigenvalue weighted by atomic mass is 35.5. The zero-order valence-electron chi connectivity index (χ0n) is 15.7. The molecule has 0 fully saturated rings. The van der Waals surface area contributed by atoms with Crippen LogP contribution in [-0.2, 0) is 0 Å². The topological polar surface area (TPSA) is 91.7 Å². The van der Waals surface area contributed by atoms with Crippen LogP contribution in [0.15, 0.2) is 53.5 Å². The Hall–Kier alpha value is -4.02. The molecule has 4 aromatic heterocycles. The number of rotatable bonds is 2. The largest absolute Gasteiger partial charge is 0.354 e. The maximum atomic E-state index is 12.4. The number of halogens is 1. The standard InChI is InChI=1S/C22H13ClN6O/c1-11-7-13(9-18(23)26-11)19-20(29-22-21(28-19)17(30)5-6-25-22)16-8-12-3-4-14(24-2)10-15(12)27-16/h3-10,27H,1H3,(H,25,29,30). The number of H-pyrrole nitrogens is 2. The van der Waals surface area contributed by atoms with E-state index in [1.54, 1.807) is 24.4 Å². The van der Waals surface area contributed by atoms with Gasteiger partial charge in [-0.2, -0.15) is 0 Å². The summed E-state index contributed by atoms with van der Waals surface area (Å²) >= 11 is 6.18. The number of aromatic nitrogens is 5. The van der Waals surface area contributed by atoms with Gasteiger partial charge >= 0.3 is 0 Å². The van der Waals surface area contributed by atoms with Crippen molar-refractivity contribution in [2.45, 2.75) is 6.92 Å². The summed E-state index contributed by atoms with van der Waals surface area (Å²) in [5.74, 6) is 0. The summed E-state index contributed by atoms with van der Waals surface area (Å²) in [6.45, 7) is 9.06. The molecule has 0 spiro atoms. The zero-order chi connectivity index (χ0) is 20.8. The van der Waals surface area contributed by atoms with Gasteiger partial charge < -0.3 is 9.97 Å². The van der Waals surface area contributed by atoms with Crippen molar-refractivity contribution in [3.8, 4) is 22.6 Å². The molecule has 7 nitrogen and oxygen atoms in total. The Balaban J connectivity index is 1.84. The molecule has 0 atom stereocenters. The molecule has 1 aromatic carbocycles. The Morgan fingerprint density at radius 2 is 1.90 bits per heavy atom. The highest BCUT2D eigenvalue weighted by Gasteiger charge is 2.17. The van der Waals surface area contributed by atoms with Crippen LogP contribution in [-0.4, -0.2) is 24.9 Å². The monoisotopic (exact) mass is 412 g/mol. The number of benzene rings is 1. The Labute approximate surface area is 175 Å². The summed E-state index contributed by atoms with van der Waals surface area (Å²) < 4.78 is 0. The number of hydrogen-bond acceptors (Lipinski definition) is 4. The van der Waals surface area contributed by atoms with Crippen LogP contribution in [0.3, 0.4) is 0 Å². The lowest BCUT2D eigenvalue weighted by Gasteiger charge is -2.09. The molecule has 0 amide bonds. The van der Waals surface area contributed by atoms with Crippen LogP contribution in [0, 0.1) is 13.5 Å². The number of hydrogen-bond donors (Lipinski definition) is 2. The number of nitrogens with one attached hydrogen (secondary N) is 2. The highest BCUT2D eigenvalue weighted by Crippen LogP contribution is 2.33. The molecule has 8 heteroatoms. The van der Waals surface area contributed by atoms with Gasteiger partial charge in [-0.1, -0.05) is 23.7 Å². The first-order chi connectivity index (χ1) is 14.5. The van der Waals surface area contributed by atoms with Gasteiger partial charge in [0, 0.05) is 29.0 Å². The normalized spacial score (nSPS) is 11.1. The quantitative estimate of drug-likeness (QED) is 0.314. The number of aryl methyl sites for hydroxylation is 1. The average molecular weight is 413 g/mol. The first-order valence-electron chi connectivity index (χ1n) is 9.06. The molecule has 0 aliphatic heterocycles. The van der Waals surface area contributed by atoms with Gasteiger partial charge in [0.2, 0.25) is 5.43 Å². The summed E-state index contributed by atoms with van der Waals surface area (Å²) in [5.41, 5.74) is 5.00. The molecule has 0 saturated heterocycles. The summed E-state index contributed by atoms with van der Waals surface area (Å²) in [6.07, 6.45) is 1.55. The third kappa shape index (κ3) is 3.00. The summed E-state index contributed by atoms with van der Waals surface area (Å²) in [4.78, 5) is 35.7. The van der Waals surface area contributed by atoms with Crippen molar-refractivity contribution in [3.05, 3.63) is 81.1 Å². The minimum atomic E-state index is -0.223. The van der Waals surface area contributed by atoms with Gasteiger partial charge in [-0.05, 0) is 36.6 Å². The first-order valence-corrected chi connectivity index (χ1v) is 9.44. The molecule has 2 N–H and O–H groups in total. The molecule has 0 saturated carbocycles. The van der Waals surface area contributed by atoms with E-state index in [1.165, 1.54) is 6.07 Å².